The molecule has 18 heavy (non-hydrogen) atoms. The van der Waals surface area contributed by atoms with Crippen LogP contribution in [0.15, 0.2) is 47.5 Å². The maximum atomic E-state index is 6.20. The van der Waals surface area contributed by atoms with Gasteiger partial charge in [-0.25, -0.2) is 4.99 Å². The van der Waals surface area contributed by atoms with Crippen molar-refractivity contribution in [3.05, 3.63) is 63.6 Å². The normalized spacial score (nSPS) is 11.7. The third-order valence-corrected chi connectivity index (χ3v) is 3.41. The lowest BCUT2D eigenvalue weighted by Crippen LogP contribution is -1.94. The summed E-state index contributed by atoms with van der Waals surface area (Å²) in [4.78, 5) is 4.36. The molecule has 92 valence electrons. The zero-order valence-electron chi connectivity index (χ0n) is 9.62. The molecule has 2 aromatic rings. The van der Waals surface area contributed by atoms with Crippen molar-refractivity contribution in [2.24, 2.45) is 4.99 Å². The van der Waals surface area contributed by atoms with E-state index in [9.17, 15) is 0 Å². The second-order valence-corrected chi connectivity index (χ2v) is 4.96. The molecule has 2 aromatic carbocycles. The molecule has 0 atom stereocenters. The Morgan fingerprint density at radius 2 is 1.56 bits per heavy atom. The van der Waals surface area contributed by atoms with Gasteiger partial charge in [-0.2, -0.15) is 0 Å². The van der Waals surface area contributed by atoms with E-state index in [2.05, 4.69) is 4.99 Å². The largest absolute Gasteiger partial charge is 0.236 e. The minimum absolute atomic E-state index is 0.292. The van der Waals surface area contributed by atoms with Crippen LogP contribution in [-0.2, 0) is 0 Å². The summed E-state index contributed by atoms with van der Waals surface area (Å²) in [6.07, 6.45) is 0. The minimum Gasteiger partial charge on any atom is -0.236 e. The van der Waals surface area contributed by atoms with Gasteiger partial charge in [0.2, 0.25) is 0 Å². The third kappa shape index (κ3) is 2.86. The summed E-state index contributed by atoms with van der Waals surface area (Å²) in [7, 11) is 0. The van der Waals surface area contributed by atoms with Gasteiger partial charge >= 0.3 is 0 Å². The zero-order valence-corrected chi connectivity index (χ0v) is 11.9. The summed E-state index contributed by atoms with van der Waals surface area (Å²) in [5, 5.41) is 1.27. The van der Waals surface area contributed by atoms with E-state index in [1.807, 2.05) is 31.2 Å². The average Bonchev–Trinajstić information content (AvgIpc) is 2.32. The van der Waals surface area contributed by atoms with Gasteiger partial charge in [0.25, 0.3) is 0 Å². The summed E-state index contributed by atoms with van der Waals surface area (Å²) in [5.74, 6) is 0. The smallest absolute Gasteiger partial charge is 0.139 e. The van der Waals surface area contributed by atoms with Gasteiger partial charge < -0.3 is 0 Å². The molecule has 0 fully saturated rings. The molecule has 0 radical (unpaired) electrons. The number of hydrogen-bond acceptors (Lipinski definition) is 1. The van der Waals surface area contributed by atoms with Gasteiger partial charge in [-0.3, -0.25) is 0 Å². The summed E-state index contributed by atoms with van der Waals surface area (Å²) < 4.78 is 0. The Morgan fingerprint density at radius 3 is 2.17 bits per heavy atom. The van der Waals surface area contributed by atoms with E-state index < -0.39 is 0 Å². The van der Waals surface area contributed by atoms with Crippen LogP contribution >= 0.6 is 34.8 Å². The SMILES string of the molecule is Cc1ccccc1N=C(Cl)c1c(Cl)cccc1Cl. The van der Waals surface area contributed by atoms with Gasteiger partial charge in [0.15, 0.2) is 0 Å². The summed E-state index contributed by atoms with van der Waals surface area (Å²) >= 11 is 18.4. The molecule has 4 heteroatoms. The number of aliphatic imine (C=N–C) groups is 1. The number of nitrogens with zero attached hydrogens (tertiary/aromatic N) is 1. The number of hydrogen-bond donors (Lipinski definition) is 0. The van der Waals surface area contributed by atoms with Crippen LogP contribution in [0.1, 0.15) is 11.1 Å². The summed E-state index contributed by atoms with van der Waals surface area (Å²) in [6, 6.07) is 13.0. The van der Waals surface area contributed by atoms with E-state index in [1.165, 1.54) is 0 Å². The van der Waals surface area contributed by atoms with Crippen LogP contribution in [0.5, 0.6) is 0 Å². The molecule has 0 N–H and O–H groups in total. The van der Waals surface area contributed by atoms with Crippen molar-refractivity contribution in [1.29, 1.82) is 0 Å². The maximum absolute atomic E-state index is 6.20. The molecule has 0 aromatic heterocycles. The van der Waals surface area contributed by atoms with Crippen molar-refractivity contribution in [2.45, 2.75) is 6.92 Å². The van der Waals surface area contributed by atoms with E-state index in [-0.39, 0.29) is 0 Å². The lowest BCUT2D eigenvalue weighted by atomic mass is 10.2. The van der Waals surface area contributed by atoms with E-state index in [1.54, 1.807) is 18.2 Å². The fourth-order valence-corrected chi connectivity index (χ4v) is 2.51. The zero-order chi connectivity index (χ0) is 13.1. The highest BCUT2D eigenvalue weighted by Gasteiger charge is 2.10. The van der Waals surface area contributed by atoms with Crippen molar-refractivity contribution in [2.75, 3.05) is 0 Å². The Kier molecular flexibility index (Phi) is 4.28. The van der Waals surface area contributed by atoms with Crippen LogP contribution in [0.25, 0.3) is 0 Å². The summed E-state index contributed by atoms with van der Waals surface area (Å²) in [5.41, 5.74) is 2.41. The van der Waals surface area contributed by atoms with Crippen molar-refractivity contribution in [3.8, 4) is 0 Å². The van der Waals surface area contributed by atoms with Crippen LogP contribution in [0.4, 0.5) is 5.69 Å². The van der Waals surface area contributed by atoms with Crippen molar-refractivity contribution in [3.63, 3.8) is 0 Å². The summed E-state index contributed by atoms with van der Waals surface area (Å²) in [6.45, 7) is 1.97. The lowest BCUT2D eigenvalue weighted by molar-refractivity contribution is 1.40. The monoisotopic (exact) mass is 297 g/mol. The molecule has 0 unspecified atom stereocenters. The molecule has 1 nitrogen and oxygen atoms in total. The van der Waals surface area contributed by atoms with Gasteiger partial charge in [0.05, 0.1) is 15.7 Å². The highest BCUT2D eigenvalue weighted by atomic mass is 35.5. The number of rotatable bonds is 2. The average molecular weight is 299 g/mol. The van der Waals surface area contributed by atoms with Crippen LogP contribution in [0, 0.1) is 6.92 Å². The first kappa shape index (κ1) is 13.4. The Morgan fingerprint density at radius 1 is 0.944 bits per heavy atom. The van der Waals surface area contributed by atoms with Crippen LogP contribution in [0.3, 0.4) is 0 Å². The van der Waals surface area contributed by atoms with Crippen LogP contribution in [0.2, 0.25) is 10.0 Å². The fraction of sp³-hybridized carbons (Fsp3) is 0.0714. The number of para-hydroxylation sites is 1. The molecule has 0 amide bonds. The number of benzene rings is 2. The first-order valence-electron chi connectivity index (χ1n) is 5.34. The van der Waals surface area contributed by atoms with Gasteiger partial charge in [-0.05, 0) is 30.7 Å². The predicted molar refractivity (Wildman–Crippen MR) is 79.7 cm³/mol. The van der Waals surface area contributed by atoms with Crippen LogP contribution in [-0.4, -0.2) is 5.17 Å². The van der Waals surface area contributed by atoms with Gasteiger partial charge in [-0.1, -0.05) is 59.1 Å². The molecule has 0 heterocycles. The Hall–Kier alpha value is -1.02. The topological polar surface area (TPSA) is 12.4 Å². The molecule has 0 aliphatic rings. The third-order valence-electron chi connectivity index (χ3n) is 2.50. The molecular formula is C14H10Cl3N. The molecule has 0 bridgehead atoms. The van der Waals surface area contributed by atoms with E-state index in [0.29, 0.717) is 20.8 Å². The standard InChI is InChI=1S/C14H10Cl3N/c1-9-5-2-3-8-12(9)18-14(17)13-10(15)6-4-7-11(13)16/h2-8H,1H3. The predicted octanol–water partition coefficient (Wildman–Crippen LogP) is 5.62. The highest BCUT2D eigenvalue weighted by Crippen LogP contribution is 2.28. The molecule has 0 saturated carbocycles. The quantitative estimate of drug-likeness (QED) is 0.638. The number of halogens is 3. The first-order valence-corrected chi connectivity index (χ1v) is 6.47. The van der Waals surface area contributed by atoms with Gasteiger partial charge in [-0.15, -0.1) is 0 Å². The second-order valence-electron chi connectivity index (χ2n) is 3.79. The molecule has 0 aliphatic heterocycles. The van der Waals surface area contributed by atoms with Crippen molar-refractivity contribution < 1.29 is 0 Å². The van der Waals surface area contributed by atoms with E-state index >= 15 is 0 Å². The first-order chi connectivity index (χ1) is 8.59. The highest BCUT2D eigenvalue weighted by molar-refractivity contribution is 6.71. The van der Waals surface area contributed by atoms with E-state index in [0.717, 1.165) is 11.3 Å². The Balaban J connectivity index is 2.49. The minimum atomic E-state index is 0.292. The Bertz CT molecular complexity index is 585. The molecule has 0 spiro atoms. The van der Waals surface area contributed by atoms with Gasteiger partial charge in [0.1, 0.15) is 5.17 Å². The lowest BCUT2D eigenvalue weighted by Gasteiger charge is -2.05. The maximum Gasteiger partial charge on any atom is 0.139 e. The molecule has 2 rings (SSSR count). The van der Waals surface area contributed by atoms with Crippen molar-refractivity contribution >= 4 is 45.7 Å². The van der Waals surface area contributed by atoms with Gasteiger partial charge in [0, 0.05) is 5.56 Å². The van der Waals surface area contributed by atoms with Crippen molar-refractivity contribution in [1.82, 2.24) is 0 Å². The molecular weight excluding hydrogens is 289 g/mol. The van der Waals surface area contributed by atoms with Crippen LogP contribution < -0.4 is 0 Å². The Labute approximate surface area is 121 Å². The molecule has 0 aliphatic carbocycles. The van der Waals surface area contributed by atoms with E-state index in [4.69, 9.17) is 34.8 Å². The molecule has 0 saturated heterocycles. The second kappa shape index (κ2) is 5.75. The number of aryl methyl sites for hydroxylation is 1. The fourth-order valence-electron chi connectivity index (χ4n) is 1.55.